The second-order valence-electron chi connectivity index (χ2n) is 5.84. The average molecular weight is 290 g/mol. The number of carboxylic acid groups (broad SMARTS) is 1. The fourth-order valence-electron chi connectivity index (χ4n) is 2.92. The molecule has 2 rings (SSSR count). The van der Waals surface area contributed by atoms with E-state index in [1.165, 1.54) is 0 Å². The van der Waals surface area contributed by atoms with Crippen LogP contribution in [-0.4, -0.2) is 56.0 Å². The van der Waals surface area contributed by atoms with Crippen molar-refractivity contribution in [3.63, 3.8) is 0 Å². The predicted molar refractivity (Wildman–Crippen MR) is 81.8 cm³/mol. The molecule has 1 aliphatic rings. The zero-order chi connectivity index (χ0) is 15.4. The summed E-state index contributed by atoms with van der Waals surface area (Å²) in [5.41, 5.74) is 1.26. The normalized spacial score (nSPS) is 22.8. The first-order valence-corrected chi connectivity index (χ1v) is 7.19. The molecule has 1 aromatic carbocycles. The molecule has 0 saturated carbocycles. The van der Waals surface area contributed by atoms with E-state index in [4.69, 9.17) is 5.11 Å². The molecule has 0 amide bonds. The highest BCUT2D eigenvalue weighted by atomic mass is 16.4. The molecule has 0 radical (unpaired) electrons. The number of nitrogens with zero attached hydrogens (tertiary/aromatic N) is 2. The first kappa shape index (κ1) is 15.5. The van der Waals surface area contributed by atoms with Crippen LogP contribution in [0.3, 0.4) is 0 Å². The Kier molecular flexibility index (Phi) is 4.96. The van der Waals surface area contributed by atoms with E-state index < -0.39 is 5.97 Å². The number of carbonyl (C=O) groups excluding carboxylic acids is 1. The van der Waals surface area contributed by atoms with Gasteiger partial charge < -0.3 is 19.7 Å². The lowest BCUT2D eigenvalue weighted by molar-refractivity contribution is -0.113. The number of rotatable bonds is 5. The monoisotopic (exact) mass is 290 g/mol. The van der Waals surface area contributed by atoms with Crippen LogP contribution in [-0.2, 0) is 4.79 Å². The van der Waals surface area contributed by atoms with E-state index in [0.29, 0.717) is 5.92 Å². The number of hydrogen-bond acceptors (Lipinski definition) is 4. The van der Waals surface area contributed by atoms with Crippen LogP contribution in [0.5, 0.6) is 0 Å². The SMILES string of the molecule is CN1CC[C@@H](C=O)[C@@H](CN(C)c2ccc(C(=O)O)cc2)C1. The predicted octanol–water partition coefficient (Wildman–Crippen LogP) is 1.59. The molecule has 21 heavy (non-hydrogen) atoms. The molecule has 2 atom stereocenters. The van der Waals surface area contributed by atoms with Gasteiger partial charge in [-0.25, -0.2) is 4.79 Å². The highest BCUT2D eigenvalue weighted by Gasteiger charge is 2.28. The maximum absolute atomic E-state index is 11.2. The molecule has 1 N–H and O–H groups in total. The van der Waals surface area contributed by atoms with Crippen LogP contribution in [0.25, 0.3) is 0 Å². The van der Waals surface area contributed by atoms with Crippen LogP contribution in [0.4, 0.5) is 5.69 Å². The zero-order valence-electron chi connectivity index (χ0n) is 12.5. The molecule has 1 heterocycles. The molecular weight excluding hydrogens is 268 g/mol. The molecule has 0 aliphatic carbocycles. The fourth-order valence-corrected chi connectivity index (χ4v) is 2.92. The third-order valence-electron chi connectivity index (χ3n) is 4.23. The smallest absolute Gasteiger partial charge is 0.335 e. The van der Waals surface area contributed by atoms with E-state index in [2.05, 4.69) is 16.8 Å². The van der Waals surface area contributed by atoms with Crippen molar-refractivity contribution in [2.45, 2.75) is 6.42 Å². The Labute approximate surface area is 125 Å². The molecule has 1 aliphatic heterocycles. The molecule has 1 aromatic rings. The Balaban J connectivity index is 2.03. The lowest BCUT2D eigenvalue weighted by Crippen LogP contribution is -2.43. The Morgan fingerprint density at radius 3 is 2.67 bits per heavy atom. The van der Waals surface area contributed by atoms with Crippen LogP contribution in [0.1, 0.15) is 16.8 Å². The molecule has 0 aromatic heterocycles. The standard InChI is InChI=1S/C16H22N2O3/c1-17-8-7-13(11-19)14(9-17)10-18(2)15-5-3-12(4-6-15)16(20)21/h3-6,11,13-14H,7-10H2,1-2H3,(H,20,21)/t13-,14+/m0/s1. The van der Waals surface area contributed by atoms with Crippen LogP contribution < -0.4 is 4.90 Å². The summed E-state index contributed by atoms with van der Waals surface area (Å²) >= 11 is 0. The van der Waals surface area contributed by atoms with Gasteiger partial charge >= 0.3 is 5.97 Å². The molecule has 5 nitrogen and oxygen atoms in total. The summed E-state index contributed by atoms with van der Waals surface area (Å²) in [4.78, 5) is 26.4. The van der Waals surface area contributed by atoms with Crippen molar-refractivity contribution in [3.05, 3.63) is 29.8 Å². The maximum atomic E-state index is 11.2. The Hall–Kier alpha value is -1.88. The minimum Gasteiger partial charge on any atom is -0.478 e. The third-order valence-corrected chi connectivity index (χ3v) is 4.23. The summed E-state index contributed by atoms with van der Waals surface area (Å²) in [6, 6.07) is 6.84. The maximum Gasteiger partial charge on any atom is 0.335 e. The molecule has 1 saturated heterocycles. The molecule has 1 fully saturated rings. The highest BCUT2D eigenvalue weighted by molar-refractivity contribution is 5.88. The largest absolute Gasteiger partial charge is 0.478 e. The number of piperidine rings is 1. The molecule has 0 spiro atoms. The number of aromatic carboxylic acids is 1. The number of anilines is 1. The van der Waals surface area contributed by atoms with Crippen LogP contribution in [0.15, 0.2) is 24.3 Å². The Morgan fingerprint density at radius 1 is 1.43 bits per heavy atom. The average Bonchev–Trinajstić information content (AvgIpc) is 2.47. The van der Waals surface area contributed by atoms with Crippen LogP contribution in [0.2, 0.25) is 0 Å². The summed E-state index contributed by atoms with van der Waals surface area (Å²) in [5.74, 6) is -0.494. The minimum absolute atomic E-state index is 0.113. The number of benzene rings is 1. The first-order valence-electron chi connectivity index (χ1n) is 7.19. The highest BCUT2D eigenvalue weighted by Crippen LogP contribution is 2.24. The topological polar surface area (TPSA) is 60.9 Å². The van der Waals surface area contributed by atoms with Gasteiger partial charge in [-0.1, -0.05) is 0 Å². The molecule has 5 heteroatoms. The van der Waals surface area contributed by atoms with E-state index >= 15 is 0 Å². The van der Waals surface area contributed by atoms with Crippen LogP contribution in [0, 0.1) is 11.8 Å². The van der Waals surface area contributed by atoms with Gasteiger partial charge in [0.15, 0.2) is 0 Å². The number of aldehydes is 1. The van der Waals surface area contributed by atoms with Crippen molar-refractivity contribution in [1.29, 1.82) is 0 Å². The lowest BCUT2D eigenvalue weighted by Gasteiger charge is -2.36. The van der Waals surface area contributed by atoms with Gasteiger partial charge in [-0.3, -0.25) is 0 Å². The number of hydrogen-bond donors (Lipinski definition) is 1. The lowest BCUT2D eigenvalue weighted by atomic mass is 9.86. The van der Waals surface area contributed by atoms with Gasteiger partial charge in [0.05, 0.1) is 5.56 Å². The number of carbonyl (C=O) groups is 2. The second kappa shape index (κ2) is 6.72. The van der Waals surface area contributed by atoms with Gasteiger partial charge in [0.2, 0.25) is 0 Å². The van der Waals surface area contributed by atoms with Crippen molar-refractivity contribution in [2.24, 2.45) is 11.8 Å². The van der Waals surface area contributed by atoms with Gasteiger partial charge in [0, 0.05) is 31.7 Å². The van der Waals surface area contributed by atoms with Gasteiger partial charge in [0.25, 0.3) is 0 Å². The molecule has 0 unspecified atom stereocenters. The summed E-state index contributed by atoms with van der Waals surface area (Å²) in [6.45, 7) is 2.68. The van der Waals surface area contributed by atoms with Gasteiger partial charge in [-0.05, 0) is 50.2 Å². The molecular formula is C16H22N2O3. The fraction of sp³-hybridized carbons (Fsp3) is 0.500. The van der Waals surface area contributed by atoms with Crippen molar-refractivity contribution in [3.8, 4) is 0 Å². The first-order chi connectivity index (χ1) is 10.0. The molecule has 114 valence electrons. The van der Waals surface area contributed by atoms with E-state index in [1.54, 1.807) is 12.1 Å². The van der Waals surface area contributed by atoms with Crippen molar-refractivity contribution < 1.29 is 14.7 Å². The van der Waals surface area contributed by atoms with E-state index in [1.807, 2.05) is 19.2 Å². The number of likely N-dealkylation sites (tertiary alicyclic amines) is 1. The van der Waals surface area contributed by atoms with Crippen molar-refractivity contribution >= 4 is 17.9 Å². The minimum atomic E-state index is -0.917. The molecule has 0 bridgehead atoms. The van der Waals surface area contributed by atoms with E-state index in [0.717, 1.165) is 38.0 Å². The second-order valence-corrected chi connectivity index (χ2v) is 5.84. The Morgan fingerprint density at radius 2 is 2.10 bits per heavy atom. The van der Waals surface area contributed by atoms with Gasteiger partial charge in [-0.15, -0.1) is 0 Å². The van der Waals surface area contributed by atoms with Gasteiger partial charge in [-0.2, -0.15) is 0 Å². The van der Waals surface area contributed by atoms with Crippen molar-refractivity contribution in [1.82, 2.24) is 4.90 Å². The van der Waals surface area contributed by atoms with Crippen LogP contribution >= 0.6 is 0 Å². The van der Waals surface area contributed by atoms with E-state index in [9.17, 15) is 9.59 Å². The quantitative estimate of drug-likeness (QED) is 0.834. The third kappa shape index (κ3) is 3.82. The van der Waals surface area contributed by atoms with Gasteiger partial charge in [0.1, 0.15) is 6.29 Å². The summed E-state index contributed by atoms with van der Waals surface area (Å²) < 4.78 is 0. The Bertz CT molecular complexity index is 501. The summed E-state index contributed by atoms with van der Waals surface area (Å²) in [6.07, 6.45) is 2.00. The summed E-state index contributed by atoms with van der Waals surface area (Å²) in [5, 5.41) is 8.91. The summed E-state index contributed by atoms with van der Waals surface area (Å²) in [7, 11) is 4.06. The number of carboxylic acids is 1. The van der Waals surface area contributed by atoms with E-state index in [-0.39, 0.29) is 11.5 Å². The van der Waals surface area contributed by atoms with Crippen molar-refractivity contribution in [2.75, 3.05) is 38.6 Å². The zero-order valence-corrected chi connectivity index (χ0v) is 12.5.